The van der Waals surface area contributed by atoms with Gasteiger partial charge in [-0.15, -0.1) is 0 Å². The van der Waals surface area contributed by atoms with E-state index in [0.717, 1.165) is 12.1 Å². The molecule has 1 aromatic rings. The maximum absolute atomic E-state index is 12.6. The maximum Gasteiger partial charge on any atom is 0.224 e. The lowest BCUT2D eigenvalue weighted by molar-refractivity contribution is -0.139. The van der Waals surface area contributed by atoms with E-state index in [-0.39, 0.29) is 17.9 Å². The van der Waals surface area contributed by atoms with Crippen molar-refractivity contribution < 1.29 is 14.3 Å². The zero-order valence-corrected chi connectivity index (χ0v) is 15.2. The van der Waals surface area contributed by atoms with Crippen molar-refractivity contribution in [2.75, 3.05) is 32.8 Å². The van der Waals surface area contributed by atoms with Crippen molar-refractivity contribution in [3.63, 3.8) is 0 Å². The molecule has 2 amide bonds. The third-order valence-corrected chi connectivity index (χ3v) is 4.94. The van der Waals surface area contributed by atoms with Gasteiger partial charge in [0.15, 0.2) is 0 Å². The minimum atomic E-state index is -0.0860. The van der Waals surface area contributed by atoms with Crippen molar-refractivity contribution in [3.05, 3.63) is 18.0 Å². The minimum Gasteiger partial charge on any atom is -0.378 e. The average molecular weight is 348 g/mol. The van der Waals surface area contributed by atoms with Crippen molar-refractivity contribution in [1.82, 2.24) is 19.6 Å². The molecule has 0 saturated carbocycles. The zero-order valence-electron chi connectivity index (χ0n) is 15.2. The van der Waals surface area contributed by atoms with Crippen LogP contribution >= 0.6 is 0 Å². The highest BCUT2D eigenvalue weighted by Gasteiger charge is 2.31. The van der Waals surface area contributed by atoms with Crippen LogP contribution in [0.25, 0.3) is 0 Å². The fraction of sp³-hybridized carbons (Fsp3) is 0.722. The summed E-state index contributed by atoms with van der Waals surface area (Å²) in [6, 6.07) is 1.85. The number of ether oxygens (including phenoxy) is 1. The monoisotopic (exact) mass is 348 g/mol. The molecule has 25 heavy (non-hydrogen) atoms. The third-order valence-electron chi connectivity index (χ3n) is 4.94. The van der Waals surface area contributed by atoms with Crippen LogP contribution in [0.2, 0.25) is 0 Å². The first-order valence-corrected chi connectivity index (χ1v) is 9.20. The lowest BCUT2D eigenvalue weighted by Gasteiger charge is -2.35. The lowest BCUT2D eigenvalue weighted by atomic mass is 10.1. The highest BCUT2D eigenvalue weighted by atomic mass is 16.5. The van der Waals surface area contributed by atoms with Crippen molar-refractivity contribution >= 4 is 11.8 Å². The van der Waals surface area contributed by atoms with Gasteiger partial charge in [0.1, 0.15) is 0 Å². The summed E-state index contributed by atoms with van der Waals surface area (Å²) in [5.74, 6) is 0.800. The number of fused-ring (bicyclic) bond motifs is 1. The third kappa shape index (κ3) is 4.39. The van der Waals surface area contributed by atoms with Gasteiger partial charge in [-0.25, -0.2) is 0 Å². The fourth-order valence-corrected chi connectivity index (χ4v) is 3.44. The Bertz CT molecular complexity index is 607. The van der Waals surface area contributed by atoms with Gasteiger partial charge in [0.25, 0.3) is 0 Å². The molecule has 7 nitrogen and oxygen atoms in total. The summed E-state index contributed by atoms with van der Waals surface area (Å²) in [7, 11) is 0. The van der Waals surface area contributed by atoms with Crippen molar-refractivity contribution in [1.29, 1.82) is 0 Å². The second-order valence-electron chi connectivity index (χ2n) is 7.33. The summed E-state index contributed by atoms with van der Waals surface area (Å²) in [5.41, 5.74) is 1.00. The van der Waals surface area contributed by atoms with E-state index in [1.165, 1.54) is 0 Å². The number of carbonyl (C=O) groups is 2. The normalized spacial score (nSPS) is 20.7. The molecule has 0 aliphatic carbocycles. The molecular weight excluding hydrogens is 320 g/mol. The zero-order chi connectivity index (χ0) is 17.8. The van der Waals surface area contributed by atoms with E-state index < -0.39 is 0 Å². The molecule has 0 radical (unpaired) electrons. The Hall–Kier alpha value is -1.89. The van der Waals surface area contributed by atoms with Crippen LogP contribution in [0, 0.1) is 5.92 Å². The minimum absolute atomic E-state index is 0.0860. The second kappa shape index (κ2) is 7.99. The molecule has 1 aromatic heterocycles. The Morgan fingerprint density at radius 1 is 1.24 bits per heavy atom. The van der Waals surface area contributed by atoms with Gasteiger partial charge in [-0.1, -0.05) is 13.8 Å². The van der Waals surface area contributed by atoms with E-state index in [0.29, 0.717) is 58.2 Å². The van der Waals surface area contributed by atoms with Gasteiger partial charge in [-0.2, -0.15) is 5.10 Å². The van der Waals surface area contributed by atoms with E-state index in [9.17, 15) is 9.59 Å². The van der Waals surface area contributed by atoms with Crippen LogP contribution in [-0.2, 0) is 20.9 Å². The van der Waals surface area contributed by atoms with E-state index >= 15 is 0 Å². The number of aromatic nitrogens is 2. The highest BCUT2D eigenvalue weighted by Crippen LogP contribution is 2.25. The molecule has 0 aromatic carbocycles. The predicted molar refractivity (Wildman–Crippen MR) is 92.8 cm³/mol. The fourth-order valence-electron chi connectivity index (χ4n) is 3.44. The molecule has 3 rings (SSSR count). The summed E-state index contributed by atoms with van der Waals surface area (Å²) in [5, 5.41) is 4.39. The first-order valence-electron chi connectivity index (χ1n) is 9.20. The first kappa shape index (κ1) is 17.9. The Balaban J connectivity index is 1.66. The Labute approximate surface area is 148 Å². The first-order chi connectivity index (χ1) is 12.0. The van der Waals surface area contributed by atoms with Crippen molar-refractivity contribution in [3.8, 4) is 0 Å². The molecule has 3 heterocycles. The number of morpholine rings is 1. The van der Waals surface area contributed by atoms with Crippen LogP contribution in [-0.4, -0.2) is 64.2 Å². The molecule has 2 aliphatic heterocycles. The van der Waals surface area contributed by atoms with Crippen LogP contribution in [0.15, 0.2) is 12.3 Å². The molecule has 0 bridgehead atoms. The Morgan fingerprint density at radius 3 is 2.72 bits per heavy atom. The molecule has 1 fully saturated rings. The number of hydrogen-bond acceptors (Lipinski definition) is 4. The molecule has 1 saturated heterocycles. The van der Waals surface area contributed by atoms with Gasteiger partial charge in [-0.3, -0.25) is 14.3 Å². The van der Waals surface area contributed by atoms with E-state index in [4.69, 9.17) is 4.74 Å². The van der Waals surface area contributed by atoms with Gasteiger partial charge >= 0.3 is 0 Å². The number of amides is 2. The Kier molecular flexibility index (Phi) is 5.73. The van der Waals surface area contributed by atoms with Gasteiger partial charge in [0.05, 0.1) is 37.9 Å². The highest BCUT2D eigenvalue weighted by molar-refractivity contribution is 5.78. The second-order valence-corrected chi connectivity index (χ2v) is 7.33. The molecule has 1 unspecified atom stereocenters. The van der Waals surface area contributed by atoms with Crippen molar-refractivity contribution in [2.24, 2.45) is 5.92 Å². The molecule has 0 N–H and O–H groups in total. The van der Waals surface area contributed by atoms with E-state index in [1.54, 1.807) is 6.20 Å². The summed E-state index contributed by atoms with van der Waals surface area (Å²) in [6.45, 7) is 7.89. The molecule has 2 aliphatic rings. The van der Waals surface area contributed by atoms with Crippen molar-refractivity contribution in [2.45, 2.75) is 45.7 Å². The number of rotatable bonds is 5. The topological polar surface area (TPSA) is 67.7 Å². The van der Waals surface area contributed by atoms with Gasteiger partial charge in [0.2, 0.25) is 11.8 Å². The predicted octanol–water partition coefficient (Wildman–Crippen LogP) is 1.45. The van der Waals surface area contributed by atoms with Crippen LogP contribution in [0.3, 0.4) is 0 Å². The SMILES string of the molecule is CC(C)CCC(=O)N1Cc2ccnn2C(CC(=O)N2CCOCC2)C1. The summed E-state index contributed by atoms with van der Waals surface area (Å²) in [4.78, 5) is 28.9. The smallest absolute Gasteiger partial charge is 0.224 e. The van der Waals surface area contributed by atoms with Crippen LogP contribution in [0.5, 0.6) is 0 Å². The lowest BCUT2D eigenvalue weighted by Crippen LogP contribution is -2.45. The molecule has 1 atom stereocenters. The molecule has 138 valence electrons. The van der Waals surface area contributed by atoms with Crippen LogP contribution in [0.1, 0.15) is 44.8 Å². The summed E-state index contributed by atoms with van der Waals surface area (Å²) < 4.78 is 7.24. The largest absolute Gasteiger partial charge is 0.378 e. The van der Waals surface area contributed by atoms with Crippen LogP contribution < -0.4 is 0 Å². The van der Waals surface area contributed by atoms with Gasteiger partial charge in [0, 0.05) is 32.3 Å². The summed E-state index contributed by atoms with van der Waals surface area (Å²) >= 11 is 0. The summed E-state index contributed by atoms with van der Waals surface area (Å²) in [6.07, 6.45) is 3.59. The average Bonchev–Trinajstić information content (AvgIpc) is 3.09. The molecule has 7 heteroatoms. The van der Waals surface area contributed by atoms with Gasteiger partial charge < -0.3 is 14.5 Å². The number of hydrogen-bond donors (Lipinski definition) is 0. The van der Waals surface area contributed by atoms with Crippen LogP contribution in [0.4, 0.5) is 0 Å². The Morgan fingerprint density at radius 2 is 2.00 bits per heavy atom. The molecular formula is C18H28N4O3. The van der Waals surface area contributed by atoms with Gasteiger partial charge in [-0.05, 0) is 18.4 Å². The maximum atomic E-state index is 12.6. The quantitative estimate of drug-likeness (QED) is 0.808. The number of nitrogens with zero attached hydrogens (tertiary/aromatic N) is 4. The number of carbonyl (C=O) groups excluding carboxylic acids is 2. The molecule has 0 spiro atoms. The standard InChI is InChI=1S/C18H28N4O3/c1-14(2)3-4-17(23)21-12-15-5-6-19-22(15)16(13-21)11-18(24)20-7-9-25-10-8-20/h5-6,14,16H,3-4,7-13H2,1-2H3. The van der Waals surface area contributed by atoms with E-state index in [1.807, 2.05) is 20.5 Å². The van der Waals surface area contributed by atoms with E-state index in [2.05, 4.69) is 18.9 Å².